The molecule has 142 valence electrons. The van der Waals surface area contributed by atoms with Crippen molar-refractivity contribution in [2.75, 3.05) is 20.3 Å². The highest BCUT2D eigenvalue weighted by molar-refractivity contribution is 6.30. The Kier molecular flexibility index (Phi) is 5.68. The van der Waals surface area contributed by atoms with Gasteiger partial charge in [-0.25, -0.2) is 0 Å². The largest absolute Gasteiger partial charge is 0.503 e. The topological polar surface area (TPSA) is 80.0 Å². The number of hydrogen-bond donors (Lipinski definition) is 1. The molecule has 0 spiro atoms. The lowest BCUT2D eigenvalue weighted by Gasteiger charge is -2.26. The second-order valence-corrected chi connectivity index (χ2v) is 6.74. The number of ether oxygens (including phenoxy) is 1. The van der Waals surface area contributed by atoms with Gasteiger partial charge in [0.05, 0.1) is 11.6 Å². The Balaban J connectivity index is 2.03. The second kappa shape index (κ2) is 7.98. The predicted octanol–water partition coefficient (Wildman–Crippen LogP) is 3.86. The molecule has 0 fully saturated rings. The Morgan fingerprint density at radius 2 is 1.96 bits per heavy atom. The molecule has 7 heteroatoms. The molecule has 0 saturated heterocycles. The summed E-state index contributed by atoms with van der Waals surface area (Å²) >= 11 is 5.97. The molecule has 0 unspecified atom stereocenters. The first-order chi connectivity index (χ1) is 12.9. The summed E-state index contributed by atoms with van der Waals surface area (Å²) in [7, 11) is 1.58. The maximum absolute atomic E-state index is 13.0. The monoisotopic (exact) mass is 389 g/mol. The minimum absolute atomic E-state index is 0.00842. The fourth-order valence-corrected chi connectivity index (χ4v) is 3.30. The zero-order chi connectivity index (χ0) is 19.6. The van der Waals surface area contributed by atoms with Crippen molar-refractivity contribution in [2.45, 2.75) is 19.4 Å². The van der Waals surface area contributed by atoms with Gasteiger partial charge in [-0.1, -0.05) is 23.7 Å². The summed E-state index contributed by atoms with van der Waals surface area (Å²) in [6, 6.07) is 9.33. The number of aliphatic hydroxyl groups excluding tert-OH is 1. The Morgan fingerprint density at radius 3 is 2.56 bits per heavy atom. The molecule has 1 atom stereocenters. The van der Waals surface area contributed by atoms with E-state index in [4.69, 9.17) is 20.8 Å². The minimum atomic E-state index is -0.718. The number of ketones is 1. The molecule has 1 aromatic heterocycles. The van der Waals surface area contributed by atoms with E-state index in [2.05, 4.69) is 0 Å². The molecule has 0 aliphatic carbocycles. The van der Waals surface area contributed by atoms with E-state index >= 15 is 0 Å². The standard InChI is InChI=1S/C20H20ClNO5/c1-12-4-9-15(27-12)18(23)16-17(13-5-7-14(21)8-6-13)22(10-3-11-26-2)20(25)19(16)24/h4-9,17,24H,3,10-11H2,1-2H3/t17-/m1/s1. The van der Waals surface area contributed by atoms with Gasteiger partial charge in [-0.2, -0.15) is 0 Å². The van der Waals surface area contributed by atoms with E-state index in [0.29, 0.717) is 35.9 Å². The lowest BCUT2D eigenvalue weighted by atomic mass is 9.95. The van der Waals surface area contributed by atoms with Crippen molar-refractivity contribution in [1.29, 1.82) is 0 Å². The van der Waals surface area contributed by atoms with Crippen LogP contribution in [0.15, 0.2) is 52.1 Å². The first-order valence-corrected chi connectivity index (χ1v) is 8.91. The highest BCUT2D eigenvalue weighted by Crippen LogP contribution is 2.39. The number of benzene rings is 1. The molecular formula is C20H20ClNO5. The quantitative estimate of drug-likeness (QED) is 0.574. The van der Waals surface area contributed by atoms with E-state index in [9.17, 15) is 14.7 Å². The van der Waals surface area contributed by atoms with E-state index in [1.165, 1.54) is 11.0 Å². The Hall–Kier alpha value is -2.57. The molecule has 1 amide bonds. The Bertz CT molecular complexity index is 884. The molecule has 3 rings (SSSR count). The van der Waals surface area contributed by atoms with E-state index in [0.717, 1.165) is 0 Å². The molecule has 1 aromatic carbocycles. The number of hydrogen-bond acceptors (Lipinski definition) is 5. The maximum Gasteiger partial charge on any atom is 0.290 e. The summed E-state index contributed by atoms with van der Waals surface area (Å²) in [6.45, 7) is 2.51. The minimum Gasteiger partial charge on any atom is -0.503 e. The molecule has 0 bridgehead atoms. The summed E-state index contributed by atoms with van der Waals surface area (Å²) in [5.41, 5.74) is 0.690. The van der Waals surface area contributed by atoms with Crippen molar-refractivity contribution in [2.24, 2.45) is 0 Å². The van der Waals surface area contributed by atoms with Gasteiger partial charge in [-0.3, -0.25) is 9.59 Å². The lowest BCUT2D eigenvalue weighted by molar-refractivity contribution is -0.129. The highest BCUT2D eigenvalue weighted by Gasteiger charge is 2.44. The van der Waals surface area contributed by atoms with Gasteiger partial charge in [0.1, 0.15) is 5.76 Å². The molecular weight excluding hydrogens is 370 g/mol. The number of carbonyl (C=O) groups excluding carboxylic acids is 2. The van der Waals surface area contributed by atoms with Crippen LogP contribution in [-0.2, 0) is 9.53 Å². The van der Waals surface area contributed by atoms with Crippen LogP contribution in [0.4, 0.5) is 0 Å². The number of furan rings is 1. The predicted molar refractivity (Wildman–Crippen MR) is 99.8 cm³/mol. The number of nitrogens with zero attached hydrogens (tertiary/aromatic N) is 1. The summed E-state index contributed by atoms with van der Waals surface area (Å²) in [4.78, 5) is 27.1. The number of amides is 1. The first kappa shape index (κ1) is 19.2. The third-order valence-corrected chi connectivity index (χ3v) is 4.70. The molecule has 2 heterocycles. The molecule has 1 N–H and O–H groups in total. The summed E-state index contributed by atoms with van der Waals surface area (Å²) < 4.78 is 10.5. The van der Waals surface area contributed by atoms with Gasteiger partial charge in [0.2, 0.25) is 5.78 Å². The van der Waals surface area contributed by atoms with Gasteiger partial charge in [-0.05, 0) is 43.2 Å². The van der Waals surface area contributed by atoms with Gasteiger partial charge in [-0.15, -0.1) is 0 Å². The molecule has 1 aliphatic rings. The smallest absolute Gasteiger partial charge is 0.290 e. The van der Waals surface area contributed by atoms with E-state index in [-0.39, 0.29) is 11.3 Å². The normalized spacial score (nSPS) is 17.1. The zero-order valence-corrected chi connectivity index (χ0v) is 15.8. The van der Waals surface area contributed by atoms with Crippen LogP contribution in [0.3, 0.4) is 0 Å². The molecule has 6 nitrogen and oxygen atoms in total. The molecule has 1 aliphatic heterocycles. The van der Waals surface area contributed by atoms with Crippen molar-refractivity contribution >= 4 is 23.3 Å². The first-order valence-electron chi connectivity index (χ1n) is 8.53. The van der Waals surface area contributed by atoms with Crippen LogP contribution in [0.2, 0.25) is 5.02 Å². The summed E-state index contributed by atoms with van der Waals surface area (Å²) in [6.07, 6.45) is 0.570. The van der Waals surface area contributed by atoms with Crippen molar-refractivity contribution in [3.63, 3.8) is 0 Å². The van der Waals surface area contributed by atoms with Gasteiger partial charge < -0.3 is 19.2 Å². The van der Waals surface area contributed by atoms with Gasteiger partial charge >= 0.3 is 0 Å². The molecule has 27 heavy (non-hydrogen) atoms. The van der Waals surface area contributed by atoms with Crippen LogP contribution in [0.5, 0.6) is 0 Å². The van der Waals surface area contributed by atoms with E-state index in [1.54, 1.807) is 44.4 Å². The van der Waals surface area contributed by atoms with Crippen LogP contribution < -0.4 is 0 Å². The summed E-state index contributed by atoms with van der Waals surface area (Å²) in [5.74, 6) is -0.991. The van der Waals surface area contributed by atoms with Crippen LogP contribution in [0, 0.1) is 6.92 Å². The third-order valence-electron chi connectivity index (χ3n) is 4.45. The van der Waals surface area contributed by atoms with Crippen molar-refractivity contribution < 1.29 is 23.8 Å². The van der Waals surface area contributed by atoms with Crippen LogP contribution in [0.1, 0.15) is 34.3 Å². The van der Waals surface area contributed by atoms with Gasteiger partial charge in [0.15, 0.2) is 11.5 Å². The van der Waals surface area contributed by atoms with Crippen molar-refractivity contribution in [3.05, 3.63) is 69.8 Å². The zero-order valence-electron chi connectivity index (χ0n) is 15.1. The van der Waals surface area contributed by atoms with Crippen LogP contribution in [-0.4, -0.2) is 42.0 Å². The average molecular weight is 390 g/mol. The number of rotatable bonds is 7. The molecule has 0 radical (unpaired) electrons. The van der Waals surface area contributed by atoms with E-state index < -0.39 is 23.5 Å². The summed E-state index contributed by atoms with van der Waals surface area (Å²) in [5, 5.41) is 11.0. The molecule has 0 saturated carbocycles. The van der Waals surface area contributed by atoms with Gasteiger partial charge in [0, 0.05) is 25.3 Å². The van der Waals surface area contributed by atoms with Crippen LogP contribution in [0.25, 0.3) is 0 Å². The number of Topliss-reactive ketones (excluding diaryl/α,β-unsaturated/α-hetero) is 1. The maximum atomic E-state index is 13.0. The van der Waals surface area contributed by atoms with Crippen molar-refractivity contribution in [1.82, 2.24) is 4.90 Å². The van der Waals surface area contributed by atoms with E-state index in [1.807, 2.05) is 0 Å². The fraction of sp³-hybridized carbons (Fsp3) is 0.300. The molecule has 2 aromatic rings. The lowest BCUT2D eigenvalue weighted by Crippen LogP contribution is -2.32. The number of aliphatic hydroxyl groups is 1. The Labute approximate surface area is 162 Å². The van der Waals surface area contributed by atoms with Crippen molar-refractivity contribution in [3.8, 4) is 0 Å². The number of aryl methyl sites for hydroxylation is 1. The number of halogens is 1. The SMILES string of the molecule is COCCCN1C(=O)C(O)=C(C(=O)c2ccc(C)o2)[C@H]1c1ccc(Cl)cc1. The second-order valence-electron chi connectivity index (χ2n) is 6.30. The number of methoxy groups -OCH3 is 1. The highest BCUT2D eigenvalue weighted by atomic mass is 35.5. The van der Waals surface area contributed by atoms with Gasteiger partial charge in [0.25, 0.3) is 5.91 Å². The average Bonchev–Trinajstić information content (AvgIpc) is 3.19. The fourth-order valence-electron chi connectivity index (χ4n) is 3.18. The van der Waals surface area contributed by atoms with Crippen LogP contribution >= 0.6 is 11.6 Å². The Morgan fingerprint density at radius 1 is 1.26 bits per heavy atom. The number of carbonyl (C=O) groups is 2. The third kappa shape index (κ3) is 3.77.